The summed E-state index contributed by atoms with van der Waals surface area (Å²) in [5.74, 6) is -1.64. The molecule has 100 valence electrons. The molecule has 1 nitrogen and oxygen atoms in total. The summed E-state index contributed by atoms with van der Waals surface area (Å²) in [6.45, 7) is 2.03. The first-order valence-electron chi connectivity index (χ1n) is 5.92. The Balaban J connectivity index is 2.50. The van der Waals surface area contributed by atoms with Gasteiger partial charge in [0.05, 0.1) is 6.04 Å². The maximum Gasteiger partial charge on any atom is 0.159 e. The van der Waals surface area contributed by atoms with Crippen LogP contribution in [-0.2, 0) is 0 Å². The van der Waals surface area contributed by atoms with Crippen LogP contribution in [0.1, 0.15) is 22.7 Å². The predicted molar refractivity (Wildman–Crippen MR) is 81.2 cm³/mol. The van der Waals surface area contributed by atoms with Gasteiger partial charge in [0.25, 0.3) is 0 Å². The Kier molecular flexibility index (Phi) is 4.52. The molecule has 19 heavy (non-hydrogen) atoms. The molecule has 0 radical (unpaired) electrons. The zero-order valence-electron chi connectivity index (χ0n) is 10.7. The minimum Gasteiger partial charge on any atom is -0.309 e. The Bertz CT molecular complexity index is 599. The topological polar surface area (TPSA) is 12.0 Å². The van der Waals surface area contributed by atoms with Crippen LogP contribution in [0.3, 0.4) is 0 Å². The molecule has 1 atom stereocenters. The van der Waals surface area contributed by atoms with Crippen molar-refractivity contribution in [3.63, 3.8) is 0 Å². The van der Waals surface area contributed by atoms with Crippen molar-refractivity contribution in [2.75, 3.05) is 7.05 Å². The van der Waals surface area contributed by atoms with Gasteiger partial charge in [-0.05, 0) is 65.4 Å². The molecule has 1 N–H and O–H groups in total. The summed E-state index contributed by atoms with van der Waals surface area (Å²) >= 11 is 2.28. The van der Waals surface area contributed by atoms with Gasteiger partial charge >= 0.3 is 0 Å². The lowest BCUT2D eigenvalue weighted by Gasteiger charge is -2.20. The van der Waals surface area contributed by atoms with E-state index >= 15 is 0 Å². The van der Waals surface area contributed by atoms with Gasteiger partial charge in [-0.15, -0.1) is 0 Å². The van der Waals surface area contributed by atoms with Gasteiger partial charge in [-0.3, -0.25) is 0 Å². The molecule has 0 aromatic heterocycles. The van der Waals surface area contributed by atoms with E-state index in [-0.39, 0.29) is 6.04 Å². The van der Waals surface area contributed by atoms with Gasteiger partial charge in [0.1, 0.15) is 0 Å². The molecular weight excluding hydrogens is 359 g/mol. The van der Waals surface area contributed by atoms with Gasteiger partial charge < -0.3 is 5.32 Å². The van der Waals surface area contributed by atoms with Gasteiger partial charge in [-0.2, -0.15) is 0 Å². The Morgan fingerprint density at radius 3 is 2.47 bits per heavy atom. The van der Waals surface area contributed by atoms with Crippen LogP contribution in [-0.4, -0.2) is 7.05 Å². The largest absolute Gasteiger partial charge is 0.309 e. The van der Waals surface area contributed by atoms with Crippen LogP contribution in [0.15, 0.2) is 36.4 Å². The summed E-state index contributed by atoms with van der Waals surface area (Å²) in [6.07, 6.45) is 0. The van der Waals surface area contributed by atoms with E-state index in [0.29, 0.717) is 5.56 Å². The second kappa shape index (κ2) is 5.96. The summed E-state index contributed by atoms with van der Waals surface area (Å²) in [7, 11) is 1.81. The third-order valence-electron chi connectivity index (χ3n) is 3.10. The smallest absolute Gasteiger partial charge is 0.159 e. The fraction of sp³-hybridized carbons (Fsp3) is 0.200. The van der Waals surface area contributed by atoms with Crippen LogP contribution in [0.25, 0.3) is 0 Å². The maximum atomic E-state index is 13.4. The lowest BCUT2D eigenvalue weighted by Crippen LogP contribution is -2.19. The average molecular weight is 373 g/mol. The van der Waals surface area contributed by atoms with Crippen LogP contribution in [0, 0.1) is 22.1 Å². The average Bonchev–Trinajstić information content (AvgIpc) is 2.39. The lowest BCUT2D eigenvalue weighted by atomic mass is 9.97. The third kappa shape index (κ3) is 2.95. The summed E-state index contributed by atoms with van der Waals surface area (Å²) in [4.78, 5) is 0. The third-order valence-corrected chi connectivity index (χ3v) is 4.57. The second-order valence-electron chi connectivity index (χ2n) is 4.37. The molecule has 0 bridgehead atoms. The Labute approximate surface area is 125 Å². The minimum atomic E-state index is -0.822. The van der Waals surface area contributed by atoms with E-state index in [0.717, 1.165) is 15.2 Å². The second-order valence-corrected chi connectivity index (χ2v) is 5.45. The Hall–Kier alpha value is -1.01. The van der Waals surface area contributed by atoms with Crippen molar-refractivity contribution in [2.24, 2.45) is 0 Å². The van der Waals surface area contributed by atoms with Crippen LogP contribution in [0.4, 0.5) is 8.78 Å². The molecule has 0 aliphatic carbocycles. The lowest BCUT2D eigenvalue weighted by molar-refractivity contribution is 0.505. The number of nitrogens with one attached hydrogen (secondary N) is 1. The van der Waals surface area contributed by atoms with Gasteiger partial charge in [-0.25, -0.2) is 8.78 Å². The quantitative estimate of drug-likeness (QED) is 0.796. The molecular formula is C15H14F2IN. The molecule has 0 spiro atoms. The van der Waals surface area contributed by atoms with E-state index in [1.54, 1.807) is 6.07 Å². The predicted octanol–water partition coefficient (Wildman–Crippen LogP) is 4.19. The first kappa shape index (κ1) is 14.4. The number of hydrogen-bond donors (Lipinski definition) is 1. The van der Waals surface area contributed by atoms with Gasteiger partial charge in [0.15, 0.2) is 11.6 Å². The molecule has 0 fully saturated rings. The molecule has 2 rings (SSSR count). The fourth-order valence-corrected chi connectivity index (χ4v) is 2.76. The summed E-state index contributed by atoms with van der Waals surface area (Å²) < 4.78 is 27.5. The summed E-state index contributed by atoms with van der Waals surface area (Å²) in [5, 5.41) is 3.16. The van der Waals surface area contributed by atoms with Crippen molar-refractivity contribution in [3.8, 4) is 0 Å². The highest BCUT2D eigenvalue weighted by Gasteiger charge is 2.17. The van der Waals surface area contributed by atoms with Gasteiger partial charge in [0.2, 0.25) is 0 Å². The minimum absolute atomic E-state index is 0.151. The van der Waals surface area contributed by atoms with E-state index in [1.165, 1.54) is 11.6 Å². The monoisotopic (exact) mass is 373 g/mol. The number of rotatable bonds is 3. The number of hydrogen-bond acceptors (Lipinski definition) is 1. The highest BCUT2D eigenvalue weighted by molar-refractivity contribution is 14.1. The van der Waals surface area contributed by atoms with E-state index in [1.807, 2.05) is 32.2 Å². The van der Waals surface area contributed by atoms with Gasteiger partial charge in [0, 0.05) is 3.57 Å². The number of benzene rings is 2. The van der Waals surface area contributed by atoms with E-state index in [4.69, 9.17) is 0 Å². The highest BCUT2D eigenvalue weighted by atomic mass is 127. The zero-order chi connectivity index (χ0) is 14.0. The molecule has 0 heterocycles. The highest BCUT2D eigenvalue weighted by Crippen LogP contribution is 2.28. The van der Waals surface area contributed by atoms with E-state index in [9.17, 15) is 8.78 Å². The van der Waals surface area contributed by atoms with Crippen molar-refractivity contribution in [3.05, 3.63) is 68.3 Å². The van der Waals surface area contributed by atoms with Crippen molar-refractivity contribution in [2.45, 2.75) is 13.0 Å². The number of halogens is 3. The summed E-state index contributed by atoms with van der Waals surface area (Å²) in [6, 6.07) is 9.86. The SMILES string of the molecule is CNC(c1ccc(F)c(F)c1)c1cccc(C)c1I. The first-order valence-corrected chi connectivity index (χ1v) is 6.99. The first-order chi connectivity index (χ1) is 9.04. The number of aryl methyl sites for hydroxylation is 1. The van der Waals surface area contributed by atoms with Crippen LogP contribution < -0.4 is 5.32 Å². The molecule has 2 aromatic carbocycles. The van der Waals surface area contributed by atoms with E-state index in [2.05, 4.69) is 27.9 Å². The van der Waals surface area contributed by atoms with E-state index < -0.39 is 11.6 Å². The zero-order valence-corrected chi connectivity index (χ0v) is 12.8. The molecule has 0 amide bonds. The molecule has 0 aliphatic heterocycles. The maximum absolute atomic E-state index is 13.4. The molecule has 0 saturated heterocycles. The molecule has 1 unspecified atom stereocenters. The van der Waals surface area contributed by atoms with Crippen molar-refractivity contribution >= 4 is 22.6 Å². The standard InChI is InChI=1S/C15H14F2IN/c1-9-4-3-5-11(14(9)18)15(19-2)10-6-7-12(16)13(17)8-10/h3-8,15,19H,1-2H3. The Morgan fingerprint density at radius 2 is 1.84 bits per heavy atom. The molecule has 4 heteroatoms. The van der Waals surface area contributed by atoms with Crippen molar-refractivity contribution in [1.82, 2.24) is 5.32 Å². The van der Waals surface area contributed by atoms with Crippen LogP contribution in [0.5, 0.6) is 0 Å². The molecule has 2 aromatic rings. The Morgan fingerprint density at radius 1 is 1.11 bits per heavy atom. The van der Waals surface area contributed by atoms with Crippen molar-refractivity contribution in [1.29, 1.82) is 0 Å². The molecule has 0 aliphatic rings. The summed E-state index contributed by atoms with van der Waals surface area (Å²) in [5.41, 5.74) is 2.94. The molecule has 0 saturated carbocycles. The van der Waals surface area contributed by atoms with Gasteiger partial charge in [-0.1, -0.05) is 24.3 Å². The van der Waals surface area contributed by atoms with Crippen LogP contribution >= 0.6 is 22.6 Å². The van der Waals surface area contributed by atoms with Crippen molar-refractivity contribution < 1.29 is 8.78 Å². The fourth-order valence-electron chi connectivity index (χ4n) is 2.09. The normalized spacial score (nSPS) is 12.5. The van der Waals surface area contributed by atoms with Crippen LogP contribution in [0.2, 0.25) is 0 Å².